The number of carbonyl (C=O) groups excluding carboxylic acids is 2. The van der Waals surface area contributed by atoms with Crippen LogP contribution < -0.4 is 10.2 Å². The average molecular weight is 350 g/mol. The van der Waals surface area contributed by atoms with E-state index in [2.05, 4.69) is 10.3 Å². The second kappa shape index (κ2) is 7.39. The van der Waals surface area contributed by atoms with Crippen LogP contribution in [0.2, 0.25) is 0 Å². The van der Waals surface area contributed by atoms with Crippen molar-refractivity contribution in [2.75, 3.05) is 18.5 Å². The normalized spacial score (nSPS) is 10.9. The molecule has 0 aliphatic carbocycles. The molecule has 2 amide bonds. The number of fused-ring (bicyclic) bond motifs is 1. The van der Waals surface area contributed by atoms with E-state index in [4.69, 9.17) is 0 Å². The van der Waals surface area contributed by atoms with Crippen molar-refractivity contribution in [3.05, 3.63) is 66.2 Å². The van der Waals surface area contributed by atoms with E-state index >= 15 is 0 Å². The fourth-order valence-corrected chi connectivity index (χ4v) is 2.66. The van der Waals surface area contributed by atoms with Gasteiger partial charge in [-0.2, -0.15) is 0 Å². The molecule has 6 nitrogen and oxygen atoms in total. The molecule has 0 radical (unpaired) electrons. The fraction of sp³-hybridized carbons (Fsp3) is 0.250. The summed E-state index contributed by atoms with van der Waals surface area (Å²) in [5, 5.41) is 2.86. The van der Waals surface area contributed by atoms with E-state index in [1.165, 1.54) is 4.90 Å². The Labute approximate surface area is 152 Å². The van der Waals surface area contributed by atoms with Crippen molar-refractivity contribution in [3.63, 3.8) is 0 Å². The fourth-order valence-electron chi connectivity index (χ4n) is 2.66. The molecule has 0 fully saturated rings. The third-order valence-electron chi connectivity index (χ3n) is 4.07. The van der Waals surface area contributed by atoms with Crippen LogP contribution in [0.5, 0.6) is 0 Å². The van der Waals surface area contributed by atoms with Crippen molar-refractivity contribution in [2.45, 2.75) is 13.8 Å². The van der Waals surface area contributed by atoms with Crippen LogP contribution in [0.1, 0.15) is 35.0 Å². The Morgan fingerprint density at radius 3 is 2.50 bits per heavy atom. The molecule has 0 atom stereocenters. The van der Waals surface area contributed by atoms with E-state index < -0.39 is 0 Å². The van der Waals surface area contributed by atoms with Crippen LogP contribution in [0.15, 0.2) is 54.7 Å². The van der Waals surface area contributed by atoms with Crippen LogP contribution in [0.4, 0.5) is 5.69 Å². The molecule has 0 aliphatic rings. The zero-order valence-corrected chi connectivity index (χ0v) is 15.1. The summed E-state index contributed by atoms with van der Waals surface area (Å²) in [6, 6.07) is 14.8. The topological polar surface area (TPSA) is 66.7 Å². The van der Waals surface area contributed by atoms with Gasteiger partial charge in [-0.15, -0.1) is 0 Å². The third-order valence-corrected chi connectivity index (χ3v) is 4.07. The molecule has 26 heavy (non-hydrogen) atoms. The molecule has 3 rings (SSSR count). The van der Waals surface area contributed by atoms with E-state index in [-0.39, 0.29) is 23.3 Å². The standard InChI is InChI=1S/C20H22N4O2/c1-14(2)13-21-19(25)18-22-17(16-11-7-8-12-24(16)18)20(26)23(3)15-9-5-4-6-10-15/h4-12,14H,13H2,1-3H3,(H,21,25). The summed E-state index contributed by atoms with van der Waals surface area (Å²) in [7, 11) is 1.70. The summed E-state index contributed by atoms with van der Waals surface area (Å²) in [6.45, 7) is 4.59. The quantitative estimate of drug-likeness (QED) is 0.769. The number of rotatable bonds is 5. The van der Waals surface area contributed by atoms with Gasteiger partial charge in [0, 0.05) is 25.5 Å². The van der Waals surface area contributed by atoms with E-state index in [1.807, 2.05) is 56.3 Å². The third kappa shape index (κ3) is 3.44. The summed E-state index contributed by atoms with van der Waals surface area (Å²) in [6.07, 6.45) is 1.74. The highest BCUT2D eigenvalue weighted by Crippen LogP contribution is 2.19. The zero-order valence-electron chi connectivity index (χ0n) is 15.1. The van der Waals surface area contributed by atoms with E-state index in [0.29, 0.717) is 18.0 Å². The smallest absolute Gasteiger partial charge is 0.287 e. The minimum Gasteiger partial charge on any atom is -0.349 e. The summed E-state index contributed by atoms with van der Waals surface area (Å²) in [5.74, 6) is -0.00863. The van der Waals surface area contributed by atoms with Gasteiger partial charge < -0.3 is 10.2 Å². The Morgan fingerprint density at radius 1 is 1.12 bits per heavy atom. The lowest BCUT2D eigenvalue weighted by atomic mass is 10.2. The minimum absolute atomic E-state index is 0.214. The molecule has 0 saturated carbocycles. The Morgan fingerprint density at radius 2 is 1.81 bits per heavy atom. The van der Waals surface area contributed by atoms with Gasteiger partial charge in [-0.1, -0.05) is 38.1 Å². The van der Waals surface area contributed by atoms with Crippen molar-refractivity contribution in [3.8, 4) is 0 Å². The number of carbonyl (C=O) groups is 2. The van der Waals surface area contributed by atoms with Gasteiger partial charge in [0.05, 0.1) is 5.52 Å². The number of aromatic nitrogens is 2. The minimum atomic E-state index is -0.290. The highest BCUT2D eigenvalue weighted by Gasteiger charge is 2.24. The highest BCUT2D eigenvalue weighted by molar-refractivity contribution is 6.10. The van der Waals surface area contributed by atoms with Crippen LogP contribution in [0.25, 0.3) is 5.52 Å². The Kier molecular flexibility index (Phi) is 5.02. The van der Waals surface area contributed by atoms with Gasteiger partial charge in [0.15, 0.2) is 5.69 Å². The molecule has 2 aromatic heterocycles. The first-order valence-electron chi connectivity index (χ1n) is 8.57. The summed E-state index contributed by atoms with van der Waals surface area (Å²) in [5.41, 5.74) is 1.63. The molecule has 0 bridgehead atoms. The van der Waals surface area contributed by atoms with Gasteiger partial charge in [0.1, 0.15) is 0 Å². The van der Waals surface area contributed by atoms with Gasteiger partial charge in [-0.05, 0) is 30.2 Å². The lowest BCUT2D eigenvalue weighted by molar-refractivity contribution is 0.0938. The molecule has 3 aromatic rings. The lowest BCUT2D eigenvalue weighted by Gasteiger charge is -2.16. The van der Waals surface area contributed by atoms with E-state index in [0.717, 1.165) is 5.69 Å². The number of hydrogen-bond acceptors (Lipinski definition) is 3. The van der Waals surface area contributed by atoms with Crippen LogP contribution in [-0.4, -0.2) is 34.8 Å². The lowest BCUT2D eigenvalue weighted by Crippen LogP contribution is -2.29. The van der Waals surface area contributed by atoms with Gasteiger partial charge in [0.25, 0.3) is 11.8 Å². The number of nitrogens with one attached hydrogen (secondary N) is 1. The van der Waals surface area contributed by atoms with Crippen molar-refractivity contribution in [1.29, 1.82) is 0 Å². The monoisotopic (exact) mass is 350 g/mol. The number of nitrogens with zero attached hydrogens (tertiary/aromatic N) is 3. The number of benzene rings is 1. The molecule has 0 spiro atoms. The Bertz CT molecular complexity index is 931. The van der Waals surface area contributed by atoms with E-state index in [1.54, 1.807) is 23.7 Å². The van der Waals surface area contributed by atoms with E-state index in [9.17, 15) is 9.59 Å². The average Bonchev–Trinajstić information content (AvgIpc) is 3.05. The SMILES string of the molecule is CC(C)CNC(=O)c1nc(C(=O)N(C)c2ccccc2)c2ccccn12. The van der Waals surface area contributed by atoms with Crippen LogP contribution >= 0.6 is 0 Å². The first-order valence-corrected chi connectivity index (χ1v) is 8.57. The molecule has 0 unspecified atom stereocenters. The van der Waals surface area contributed by atoms with Crippen molar-refractivity contribution < 1.29 is 9.59 Å². The maximum Gasteiger partial charge on any atom is 0.287 e. The number of amides is 2. The Balaban J connectivity index is 1.99. The first-order chi connectivity index (χ1) is 12.5. The number of imidazole rings is 1. The molecule has 0 saturated heterocycles. The molecule has 1 aromatic carbocycles. The van der Waals surface area contributed by atoms with Crippen molar-refractivity contribution >= 4 is 23.0 Å². The molecule has 134 valence electrons. The highest BCUT2D eigenvalue weighted by atomic mass is 16.2. The second-order valence-corrected chi connectivity index (χ2v) is 6.54. The van der Waals surface area contributed by atoms with Crippen molar-refractivity contribution in [1.82, 2.24) is 14.7 Å². The van der Waals surface area contributed by atoms with Crippen LogP contribution in [-0.2, 0) is 0 Å². The first kappa shape index (κ1) is 17.7. The van der Waals surface area contributed by atoms with Gasteiger partial charge >= 0.3 is 0 Å². The van der Waals surface area contributed by atoms with Gasteiger partial charge in [0.2, 0.25) is 5.82 Å². The van der Waals surface area contributed by atoms with Crippen molar-refractivity contribution in [2.24, 2.45) is 5.92 Å². The summed E-state index contributed by atoms with van der Waals surface area (Å²) >= 11 is 0. The number of anilines is 1. The summed E-state index contributed by atoms with van der Waals surface area (Å²) < 4.78 is 1.65. The number of hydrogen-bond donors (Lipinski definition) is 1. The van der Waals surface area contributed by atoms with Gasteiger partial charge in [-0.3, -0.25) is 14.0 Å². The predicted octanol–water partition coefficient (Wildman–Crippen LogP) is 3.00. The molecular formula is C20H22N4O2. The predicted molar refractivity (Wildman–Crippen MR) is 102 cm³/mol. The maximum absolute atomic E-state index is 13.0. The number of para-hydroxylation sites is 1. The molecule has 6 heteroatoms. The summed E-state index contributed by atoms with van der Waals surface area (Å²) in [4.78, 5) is 31.4. The molecule has 0 aliphatic heterocycles. The molecule has 2 heterocycles. The van der Waals surface area contributed by atoms with Crippen LogP contribution in [0, 0.1) is 5.92 Å². The molecular weight excluding hydrogens is 328 g/mol. The maximum atomic E-state index is 13.0. The van der Waals surface area contributed by atoms with Crippen LogP contribution in [0.3, 0.4) is 0 Å². The Hall–Kier alpha value is -3.15. The zero-order chi connectivity index (χ0) is 18.7. The largest absolute Gasteiger partial charge is 0.349 e. The van der Waals surface area contributed by atoms with Gasteiger partial charge in [-0.25, -0.2) is 4.98 Å². The molecule has 1 N–H and O–H groups in total. The second-order valence-electron chi connectivity index (χ2n) is 6.54. The number of pyridine rings is 1.